The first kappa shape index (κ1) is 13.5. The number of halogens is 1. The van der Waals surface area contributed by atoms with Crippen LogP contribution in [-0.2, 0) is 6.54 Å². The van der Waals surface area contributed by atoms with Gasteiger partial charge in [0.1, 0.15) is 5.82 Å². The fourth-order valence-corrected chi connectivity index (χ4v) is 2.70. The number of hydrogen-bond donors (Lipinski definition) is 1. The minimum atomic E-state index is -0.212. The average molecular weight is 273 g/mol. The van der Waals surface area contributed by atoms with E-state index in [2.05, 4.69) is 15.2 Å². The summed E-state index contributed by atoms with van der Waals surface area (Å²) in [6, 6.07) is 8.61. The largest absolute Gasteiger partial charge is 0.310 e. The lowest BCUT2D eigenvalue weighted by Gasteiger charge is -2.14. The van der Waals surface area contributed by atoms with Crippen LogP contribution in [-0.4, -0.2) is 36.1 Å². The number of benzene rings is 1. The van der Waals surface area contributed by atoms with Crippen LogP contribution >= 0.6 is 0 Å². The minimum absolute atomic E-state index is 0.212. The zero-order chi connectivity index (χ0) is 13.8. The summed E-state index contributed by atoms with van der Waals surface area (Å²) in [4.78, 5) is 7.03. The molecule has 2 heterocycles. The van der Waals surface area contributed by atoms with E-state index in [1.807, 2.05) is 12.1 Å². The molecule has 0 spiro atoms. The molecular weight excluding hydrogens is 253 g/mol. The van der Waals surface area contributed by atoms with Crippen LogP contribution in [0.15, 0.2) is 30.3 Å². The van der Waals surface area contributed by atoms with Gasteiger partial charge in [-0.05, 0) is 50.2 Å². The molecule has 1 aliphatic heterocycles. The quantitative estimate of drug-likeness (QED) is 0.849. The molecule has 1 aromatic carbocycles. The highest BCUT2D eigenvalue weighted by molar-refractivity contribution is 5.78. The molecule has 3 nitrogen and oxygen atoms in total. The van der Waals surface area contributed by atoms with Gasteiger partial charge in [0.15, 0.2) is 0 Å². The van der Waals surface area contributed by atoms with Crippen LogP contribution in [0.3, 0.4) is 0 Å². The molecule has 1 aromatic heterocycles. The second kappa shape index (κ2) is 6.29. The minimum Gasteiger partial charge on any atom is -0.310 e. The molecule has 106 valence electrons. The summed E-state index contributed by atoms with van der Waals surface area (Å²) in [7, 11) is 0. The SMILES string of the molecule is Fc1ccc2nc(CNCCN3CCCC3)ccc2c1. The van der Waals surface area contributed by atoms with Crippen LogP contribution < -0.4 is 5.32 Å². The van der Waals surface area contributed by atoms with Gasteiger partial charge in [-0.3, -0.25) is 4.98 Å². The van der Waals surface area contributed by atoms with Gasteiger partial charge in [-0.25, -0.2) is 4.39 Å². The van der Waals surface area contributed by atoms with Crippen LogP contribution in [0.5, 0.6) is 0 Å². The Morgan fingerprint density at radius 2 is 2.00 bits per heavy atom. The van der Waals surface area contributed by atoms with E-state index in [0.717, 1.165) is 36.2 Å². The number of likely N-dealkylation sites (tertiary alicyclic amines) is 1. The van der Waals surface area contributed by atoms with E-state index in [1.165, 1.54) is 38.1 Å². The smallest absolute Gasteiger partial charge is 0.123 e. The third-order valence-corrected chi connectivity index (χ3v) is 3.82. The third kappa shape index (κ3) is 3.32. The molecule has 0 bridgehead atoms. The molecule has 3 rings (SSSR count). The van der Waals surface area contributed by atoms with Crippen LogP contribution in [0.2, 0.25) is 0 Å². The van der Waals surface area contributed by atoms with Gasteiger partial charge < -0.3 is 10.2 Å². The molecule has 0 radical (unpaired) electrons. The molecule has 4 heteroatoms. The fraction of sp³-hybridized carbons (Fsp3) is 0.438. The van der Waals surface area contributed by atoms with Crippen molar-refractivity contribution in [2.45, 2.75) is 19.4 Å². The van der Waals surface area contributed by atoms with Crippen molar-refractivity contribution in [2.24, 2.45) is 0 Å². The van der Waals surface area contributed by atoms with Gasteiger partial charge in [0.2, 0.25) is 0 Å². The van der Waals surface area contributed by atoms with E-state index in [-0.39, 0.29) is 5.82 Å². The lowest BCUT2D eigenvalue weighted by molar-refractivity contribution is 0.335. The van der Waals surface area contributed by atoms with Crippen LogP contribution in [0.1, 0.15) is 18.5 Å². The Labute approximate surface area is 118 Å². The molecule has 0 saturated carbocycles. The molecule has 0 amide bonds. The normalized spacial score (nSPS) is 16.1. The Hall–Kier alpha value is -1.52. The maximum absolute atomic E-state index is 13.1. The lowest BCUT2D eigenvalue weighted by atomic mass is 10.2. The number of hydrogen-bond acceptors (Lipinski definition) is 3. The van der Waals surface area contributed by atoms with Gasteiger partial charge in [0, 0.05) is 25.0 Å². The Balaban J connectivity index is 1.53. The Kier molecular flexibility index (Phi) is 4.23. The van der Waals surface area contributed by atoms with Crippen molar-refractivity contribution in [2.75, 3.05) is 26.2 Å². The number of nitrogens with zero attached hydrogens (tertiary/aromatic N) is 2. The van der Waals surface area contributed by atoms with Crippen LogP contribution in [0, 0.1) is 5.82 Å². The van der Waals surface area contributed by atoms with Crippen molar-refractivity contribution in [1.82, 2.24) is 15.2 Å². The molecule has 0 aliphatic carbocycles. The molecule has 1 fully saturated rings. The topological polar surface area (TPSA) is 28.2 Å². The predicted molar refractivity (Wildman–Crippen MR) is 79.1 cm³/mol. The maximum Gasteiger partial charge on any atom is 0.123 e. The second-order valence-electron chi connectivity index (χ2n) is 5.37. The monoisotopic (exact) mass is 273 g/mol. The van der Waals surface area contributed by atoms with Crippen molar-refractivity contribution in [3.63, 3.8) is 0 Å². The average Bonchev–Trinajstić information content (AvgIpc) is 2.97. The van der Waals surface area contributed by atoms with Crippen molar-refractivity contribution in [3.05, 3.63) is 41.8 Å². The molecule has 1 aliphatic rings. The van der Waals surface area contributed by atoms with E-state index in [0.29, 0.717) is 0 Å². The van der Waals surface area contributed by atoms with Gasteiger partial charge in [-0.2, -0.15) is 0 Å². The second-order valence-corrected chi connectivity index (χ2v) is 5.37. The number of nitrogens with one attached hydrogen (secondary N) is 1. The summed E-state index contributed by atoms with van der Waals surface area (Å²) in [5.41, 5.74) is 1.86. The summed E-state index contributed by atoms with van der Waals surface area (Å²) in [5, 5.41) is 4.28. The van der Waals surface area contributed by atoms with Crippen LogP contribution in [0.4, 0.5) is 4.39 Å². The van der Waals surface area contributed by atoms with E-state index in [4.69, 9.17) is 0 Å². The molecular formula is C16H20FN3. The predicted octanol–water partition coefficient (Wildman–Crippen LogP) is 2.56. The van der Waals surface area contributed by atoms with Gasteiger partial charge in [0.05, 0.1) is 11.2 Å². The van der Waals surface area contributed by atoms with Crippen molar-refractivity contribution in [3.8, 4) is 0 Å². The zero-order valence-corrected chi connectivity index (χ0v) is 11.6. The highest BCUT2D eigenvalue weighted by Gasteiger charge is 2.10. The fourth-order valence-electron chi connectivity index (χ4n) is 2.70. The van der Waals surface area contributed by atoms with Gasteiger partial charge >= 0.3 is 0 Å². The zero-order valence-electron chi connectivity index (χ0n) is 11.6. The number of pyridine rings is 1. The Bertz CT molecular complexity index is 579. The highest BCUT2D eigenvalue weighted by Crippen LogP contribution is 2.14. The molecule has 2 aromatic rings. The van der Waals surface area contributed by atoms with Crippen LogP contribution in [0.25, 0.3) is 10.9 Å². The van der Waals surface area contributed by atoms with Crippen molar-refractivity contribution >= 4 is 10.9 Å². The first-order valence-corrected chi connectivity index (χ1v) is 7.29. The molecule has 0 unspecified atom stereocenters. The summed E-state index contributed by atoms with van der Waals surface area (Å²) >= 11 is 0. The summed E-state index contributed by atoms with van der Waals surface area (Å²) < 4.78 is 13.1. The first-order valence-electron chi connectivity index (χ1n) is 7.29. The van der Waals surface area contributed by atoms with Crippen molar-refractivity contribution in [1.29, 1.82) is 0 Å². The summed E-state index contributed by atoms with van der Waals surface area (Å²) in [6.45, 7) is 5.34. The maximum atomic E-state index is 13.1. The third-order valence-electron chi connectivity index (χ3n) is 3.82. The molecule has 0 atom stereocenters. The Morgan fingerprint density at radius 3 is 2.85 bits per heavy atom. The molecule has 1 saturated heterocycles. The van der Waals surface area contributed by atoms with E-state index in [9.17, 15) is 4.39 Å². The number of rotatable bonds is 5. The van der Waals surface area contributed by atoms with Crippen molar-refractivity contribution < 1.29 is 4.39 Å². The Morgan fingerprint density at radius 1 is 1.15 bits per heavy atom. The van der Waals surface area contributed by atoms with E-state index in [1.54, 1.807) is 6.07 Å². The number of aromatic nitrogens is 1. The molecule has 20 heavy (non-hydrogen) atoms. The number of fused-ring (bicyclic) bond motifs is 1. The van der Waals surface area contributed by atoms with Gasteiger partial charge in [0.25, 0.3) is 0 Å². The van der Waals surface area contributed by atoms with E-state index >= 15 is 0 Å². The standard InChI is InChI=1S/C16H20FN3/c17-14-4-6-16-13(11-14)3-5-15(19-16)12-18-7-10-20-8-1-2-9-20/h3-6,11,18H,1-2,7-10,12H2. The summed E-state index contributed by atoms with van der Waals surface area (Å²) in [6.07, 6.45) is 2.67. The van der Waals surface area contributed by atoms with E-state index < -0.39 is 0 Å². The first-order chi connectivity index (χ1) is 9.81. The molecule has 1 N–H and O–H groups in total. The highest BCUT2D eigenvalue weighted by atomic mass is 19.1. The lowest BCUT2D eigenvalue weighted by Crippen LogP contribution is -2.29. The van der Waals surface area contributed by atoms with Gasteiger partial charge in [-0.1, -0.05) is 6.07 Å². The van der Waals surface area contributed by atoms with Gasteiger partial charge in [-0.15, -0.1) is 0 Å². The summed E-state index contributed by atoms with van der Waals surface area (Å²) in [5.74, 6) is -0.212.